The standard InChI is InChI=1S/C8H10N2O3/c1-13-7-4-2-3-6(5-7)8(11)10(9)12/h2-5,12H,9H2,1H3. The van der Waals surface area contributed by atoms with Gasteiger partial charge in [0.15, 0.2) is 0 Å². The summed E-state index contributed by atoms with van der Waals surface area (Å²) in [6.07, 6.45) is 0. The van der Waals surface area contributed by atoms with Crippen molar-refractivity contribution >= 4 is 5.91 Å². The van der Waals surface area contributed by atoms with Gasteiger partial charge in [-0.1, -0.05) is 6.07 Å². The summed E-state index contributed by atoms with van der Waals surface area (Å²) in [4.78, 5) is 11.1. The molecule has 1 amide bonds. The van der Waals surface area contributed by atoms with E-state index in [1.165, 1.54) is 19.2 Å². The third kappa shape index (κ3) is 2.17. The Hall–Kier alpha value is -1.59. The summed E-state index contributed by atoms with van der Waals surface area (Å²) in [5, 5.41) is 8.70. The Labute approximate surface area is 75.3 Å². The van der Waals surface area contributed by atoms with E-state index in [-0.39, 0.29) is 10.7 Å². The molecule has 5 heteroatoms. The Morgan fingerprint density at radius 3 is 2.85 bits per heavy atom. The van der Waals surface area contributed by atoms with Crippen LogP contribution in [0.2, 0.25) is 0 Å². The van der Waals surface area contributed by atoms with Crippen LogP contribution in [0, 0.1) is 0 Å². The number of hydrazine groups is 1. The third-order valence-corrected chi connectivity index (χ3v) is 1.52. The average molecular weight is 182 g/mol. The van der Waals surface area contributed by atoms with E-state index in [0.717, 1.165) is 0 Å². The molecule has 0 aromatic heterocycles. The number of carbonyl (C=O) groups is 1. The van der Waals surface area contributed by atoms with Crippen molar-refractivity contribution in [2.24, 2.45) is 5.84 Å². The van der Waals surface area contributed by atoms with Gasteiger partial charge in [-0.15, -0.1) is 5.17 Å². The Balaban J connectivity index is 2.95. The van der Waals surface area contributed by atoms with Crippen LogP contribution in [-0.4, -0.2) is 23.4 Å². The second-order valence-electron chi connectivity index (χ2n) is 2.38. The summed E-state index contributed by atoms with van der Waals surface area (Å²) in [6, 6.07) is 6.34. The number of benzene rings is 1. The number of nitrogens with two attached hydrogens (primary N) is 1. The van der Waals surface area contributed by atoms with Gasteiger partial charge >= 0.3 is 0 Å². The summed E-state index contributed by atoms with van der Waals surface area (Å²) in [5.74, 6) is 4.71. The van der Waals surface area contributed by atoms with Gasteiger partial charge in [-0.2, -0.15) is 0 Å². The van der Waals surface area contributed by atoms with Gasteiger partial charge in [-0.3, -0.25) is 10.0 Å². The van der Waals surface area contributed by atoms with Crippen LogP contribution in [0.15, 0.2) is 24.3 Å². The van der Waals surface area contributed by atoms with E-state index < -0.39 is 5.91 Å². The second-order valence-corrected chi connectivity index (χ2v) is 2.38. The van der Waals surface area contributed by atoms with Crippen LogP contribution in [0.25, 0.3) is 0 Å². The number of nitrogens with zero attached hydrogens (tertiary/aromatic N) is 1. The van der Waals surface area contributed by atoms with Gasteiger partial charge in [0.25, 0.3) is 5.91 Å². The second kappa shape index (κ2) is 3.88. The zero-order chi connectivity index (χ0) is 9.84. The van der Waals surface area contributed by atoms with E-state index in [1.54, 1.807) is 12.1 Å². The first-order valence-corrected chi connectivity index (χ1v) is 3.57. The molecule has 0 saturated heterocycles. The number of hydroxylamine groups is 1. The molecule has 0 atom stereocenters. The molecule has 0 bridgehead atoms. The first kappa shape index (κ1) is 9.50. The molecule has 0 unspecified atom stereocenters. The number of hydrogen-bond donors (Lipinski definition) is 2. The molecular weight excluding hydrogens is 172 g/mol. The largest absolute Gasteiger partial charge is 0.497 e. The van der Waals surface area contributed by atoms with E-state index >= 15 is 0 Å². The molecular formula is C8H10N2O3. The van der Waals surface area contributed by atoms with Crippen molar-refractivity contribution in [2.45, 2.75) is 0 Å². The zero-order valence-electron chi connectivity index (χ0n) is 7.10. The molecule has 0 radical (unpaired) electrons. The monoisotopic (exact) mass is 182 g/mol. The summed E-state index contributed by atoms with van der Waals surface area (Å²) in [7, 11) is 1.49. The quantitative estimate of drug-likeness (QED) is 0.300. The highest BCUT2D eigenvalue weighted by Gasteiger charge is 2.10. The number of amides is 1. The van der Waals surface area contributed by atoms with Gasteiger partial charge in [0.2, 0.25) is 0 Å². The van der Waals surface area contributed by atoms with Gasteiger partial charge in [0, 0.05) is 5.56 Å². The fraction of sp³-hybridized carbons (Fsp3) is 0.125. The summed E-state index contributed by atoms with van der Waals surface area (Å²) in [5.41, 5.74) is 0.268. The maximum absolute atomic E-state index is 11.1. The third-order valence-electron chi connectivity index (χ3n) is 1.52. The first-order valence-electron chi connectivity index (χ1n) is 3.57. The van der Waals surface area contributed by atoms with Gasteiger partial charge < -0.3 is 4.74 Å². The van der Waals surface area contributed by atoms with Crippen LogP contribution < -0.4 is 10.6 Å². The summed E-state index contributed by atoms with van der Waals surface area (Å²) >= 11 is 0. The number of hydrogen-bond acceptors (Lipinski definition) is 4. The normalized spacial score (nSPS) is 9.46. The van der Waals surface area contributed by atoms with Crippen LogP contribution in [-0.2, 0) is 0 Å². The molecule has 5 nitrogen and oxygen atoms in total. The molecule has 3 N–H and O–H groups in total. The molecule has 1 aromatic rings. The van der Waals surface area contributed by atoms with Gasteiger partial charge in [0.05, 0.1) is 7.11 Å². The Bertz CT molecular complexity index is 312. The molecule has 0 aliphatic carbocycles. The van der Waals surface area contributed by atoms with E-state index in [0.29, 0.717) is 5.75 Å². The molecule has 70 valence electrons. The number of methoxy groups -OCH3 is 1. The molecule has 1 rings (SSSR count). The predicted molar refractivity (Wildman–Crippen MR) is 45.1 cm³/mol. The predicted octanol–water partition coefficient (Wildman–Crippen LogP) is 0.400. The number of ether oxygens (including phenoxy) is 1. The SMILES string of the molecule is COc1cccc(C(=O)N(N)O)c1. The molecule has 0 fully saturated rings. The highest BCUT2D eigenvalue weighted by molar-refractivity contribution is 5.93. The lowest BCUT2D eigenvalue weighted by Crippen LogP contribution is -2.33. The Morgan fingerprint density at radius 1 is 1.62 bits per heavy atom. The summed E-state index contributed by atoms with van der Waals surface area (Å²) < 4.78 is 4.89. The van der Waals surface area contributed by atoms with E-state index in [4.69, 9.17) is 15.8 Å². The molecule has 0 spiro atoms. The fourth-order valence-electron chi connectivity index (χ4n) is 0.888. The summed E-state index contributed by atoms with van der Waals surface area (Å²) in [6.45, 7) is 0. The molecule has 0 aliphatic rings. The van der Waals surface area contributed by atoms with E-state index in [9.17, 15) is 4.79 Å². The topological polar surface area (TPSA) is 75.8 Å². The van der Waals surface area contributed by atoms with Crippen LogP contribution in [0.4, 0.5) is 0 Å². The highest BCUT2D eigenvalue weighted by Crippen LogP contribution is 2.12. The van der Waals surface area contributed by atoms with Crippen molar-refractivity contribution in [3.8, 4) is 5.75 Å². The maximum Gasteiger partial charge on any atom is 0.292 e. The maximum atomic E-state index is 11.1. The molecule has 0 heterocycles. The van der Waals surface area contributed by atoms with Crippen molar-refractivity contribution in [2.75, 3.05) is 7.11 Å². The lowest BCUT2D eigenvalue weighted by molar-refractivity contribution is -0.0595. The van der Waals surface area contributed by atoms with Crippen LogP contribution in [0.1, 0.15) is 10.4 Å². The van der Waals surface area contributed by atoms with Crippen molar-refractivity contribution < 1.29 is 14.7 Å². The van der Waals surface area contributed by atoms with Crippen molar-refractivity contribution in [3.63, 3.8) is 0 Å². The van der Waals surface area contributed by atoms with Gasteiger partial charge in [0.1, 0.15) is 5.75 Å². The van der Waals surface area contributed by atoms with Crippen LogP contribution >= 0.6 is 0 Å². The molecule has 0 aliphatic heterocycles. The van der Waals surface area contributed by atoms with Crippen molar-refractivity contribution in [1.82, 2.24) is 5.17 Å². The highest BCUT2D eigenvalue weighted by atomic mass is 16.5. The minimum atomic E-state index is -0.682. The van der Waals surface area contributed by atoms with Crippen LogP contribution in [0.3, 0.4) is 0 Å². The van der Waals surface area contributed by atoms with Gasteiger partial charge in [-0.05, 0) is 18.2 Å². The Kier molecular flexibility index (Phi) is 2.84. The molecule has 1 aromatic carbocycles. The van der Waals surface area contributed by atoms with Crippen LogP contribution in [0.5, 0.6) is 5.75 Å². The van der Waals surface area contributed by atoms with Crippen molar-refractivity contribution in [3.05, 3.63) is 29.8 Å². The van der Waals surface area contributed by atoms with E-state index in [2.05, 4.69) is 0 Å². The lowest BCUT2D eigenvalue weighted by atomic mass is 10.2. The molecule has 0 saturated carbocycles. The number of rotatable bonds is 2. The Morgan fingerprint density at radius 2 is 2.31 bits per heavy atom. The van der Waals surface area contributed by atoms with Gasteiger partial charge in [-0.25, -0.2) is 5.84 Å². The van der Waals surface area contributed by atoms with Crippen molar-refractivity contribution in [1.29, 1.82) is 0 Å². The number of carbonyl (C=O) groups excluding carboxylic acids is 1. The fourth-order valence-corrected chi connectivity index (χ4v) is 0.888. The first-order chi connectivity index (χ1) is 6.15. The average Bonchev–Trinajstić information content (AvgIpc) is 2.16. The zero-order valence-corrected chi connectivity index (χ0v) is 7.10. The van der Waals surface area contributed by atoms with E-state index in [1.807, 2.05) is 0 Å². The lowest BCUT2D eigenvalue weighted by Gasteiger charge is -2.08. The minimum Gasteiger partial charge on any atom is -0.497 e. The smallest absolute Gasteiger partial charge is 0.292 e. The molecule has 13 heavy (non-hydrogen) atoms. The minimum absolute atomic E-state index is 0.0365.